The molecule has 0 aliphatic heterocycles. The highest BCUT2D eigenvalue weighted by Crippen LogP contribution is 2.13. The van der Waals surface area contributed by atoms with Gasteiger partial charge in [-0.1, -0.05) is 20.8 Å². The van der Waals surface area contributed by atoms with E-state index in [1.165, 1.54) is 0 Å². The number of carbonyl (C=O) groups excluding carboxylic acids is 1. The van der Waals surface area contributed by atoms with Gasteiger partial charge in [0.15, 0.2) is 0 Å². The van der Waals surface area contributed by atoms with E-state index in [9.17, 15) is 13.2 Å². The Hall–Kier alpha value is -0.290. The van der Waals surface area contributed by atoms with Gasteiger partial charge in [-0.15, -0.1) is 0 Å². The highest BCUT2D eigenvalue weighted by atomic mass is 35.7. The zero-order valence-corrected chi connectivity index (χ0v) is 8.65. The SMILES string of the molecule is CC(C)C(C)C(=O)OS(=O)(=O)Cl. The molecule has 0 aromatic rings. The van der Waals surface area contributed by atoms with Crippen LogP contribution < -0.4 is 0 Å². The first kappa shape index (κ1) is 11.7. The third kappa shape index (κ3) is 4.56. The van der Waals surface area contributed by atoms with Gasteiger partial charge in [0.25, 0.3) is 0 Å². The fourth-order valence-electron chi connectivity index (χ4n) is 0.446. The van der Waals surface area contributed by atoms with E-state index in [2.05, 4.69) is 4.18 Å². The van der Waals surface area contributed by atoms with Gasteiger partial charge >= 0.3 is 15.3 Å². The van der Waals surface area contributed by atoms with Crippen LogP contribution in [0.2, 0.25) is 0 Å². The minimum atomic E-state index is -4.18. The predicted molar refractivity (Wildman–Crippen MR) is 44.9 cm³/mol. The molecule has 6 heteroatoms. The Morgan fingerprint density at radius 1 is 1.33 bits per heavy atom. The van der Waals surface area contributed by atoms with E-state index in [1.54, 1.807) is 20.8 Å². The molecule has 0 rings (SSSR count). The second-order valence-corrected chi connectivity index (χ2v) is 4.91. The minimum Gasteiger partial charge on any atom is -0.334 e. The number of halogens is 1. The van der Waals surface area contributed by atoms with Gasteiger partial charge in [-0.25, -0.2) is 0 Å². The topological polar surface area (TPSA) is 60.4 Å². The zero-order chi connectivity index (χ0) is 9.94. The summed E-state index contributed by atoms with van der Waals surface area (Å²) in [4.78, 5) is 10.9. The molecular formula is C6H11ClO4S. The lowest BCUT2D eigenvalue weighted by atomic mass is 9.99. The van der Waals surface area contributed by atoms with E-state index >= 15 is 0 Å². The predicted octanol–water partition coefficient (Wildman–Crippen LogP) is 1.31. The molecular weight excluding hydrogens is 204 g/mol. The number of hydrogen-bond donors (Lipinski definition) is 0. The molecule has 0 fully saturated rings. The second kappa shape index (κ2) is 4.09. The van der Waals surface area contributed by atoms with Crippen molar-refractivity contribution < 1.29 is 17.4 Å². The molecule has 0 radical (unpaired) electrons. The van der Waals surface area contributed by atoms with Crippen LogP contribution in [0.1, 0.15) is 20.8 Å². The molecule has 0 bridgehead atoms. The van der Waals surface area contributed by atoms with Crippen molar-refractivity contribution in [2.45, 2.75) is 20.8 Å². The van der Waals surface area contributed by atoms with E-state index in [1.807, 2.05) is 0 Å². The first-order chi connectivity index (χ1) is 5.24. The maximum Gasteiger partial charge on any atom is 0.403 e. The van der Waals surface area contributed by atoms with Crippen molar-refractivity contribution in [1.82, 2.24) is 0 Å². The second-order valence-electron chi connectivity index (χ2n) is 2.83. The largest absolute Gasteiger partial charge is 0.403 e. The first-order valence-electron chi connectivity index (χ1n) is 3.42. The van der Waals surface area contributed by atoms with E-state index in [0.717, 1.165) is 0 Å². The number of hydrogen-bond acceptors (Lipinski definition) is 4. The van der Waals surface area contributed by atoms with Crippen LogP contribution in [-0.4, -0.2) is 14.4 Å². The fourth-order valence-corrected chi connectivity index (χ4v) is 0.980. The summed E-state index contributed by atoms with van der Waals surface area (Å²) in [6, 6.07) is 0. The average Bonchev–Trinajstić information content (AvgIpc) is 1.82. The standard InChI is InChI=1S/C6H11ClO4S/c1-4(2)5(3)6(8)11-12(7,9)10/h4-5H,1-3H3. The summed E-state index contributed by atoms with van der Waals surface area (Å²) >= 11 is 0. The van der Waals surface area contributed by atoms with Crippen LogP contribution in [0, 0.1) is 11.8 Å². The Kier molecular flexibility index (Phi) is 3.99. The summed E-state index contributed by atoms with van der Waals surface area (Å²) in [7, 11) is 0.527. The molecule has 0 aromatic carbocycles. The monoisotopic (exact) mass is 214 g/mol. The lowest BCUT2D eigenvalue weighted by molar-refractivity contribution is -0.138. The number of rotatable bonds is 3. The van der Waals surface area contributed by atoms with Gasteiger partial charge in [-0.3, -0.25) is 4.79 Å². The normalized spacial score (nSPS) is 14.4. The van der Waals surface area contributed by atoms with Gasteiger partial charge in [-0.05, 0) is 5.92 Å². The van der Waals surface area contributed by atoms with Crippen LogP contribution in [-0.2, 0) is 18.3 Å². The lowest BCUT2D eigenvalue weighted by Gasteiger charge is -2.11. The van der Waals surface area contributed by atoms with E-state index in [0.29, 0.717) is 0 Å². The molecule has 72 valence electrons. The van der Waals surface area contributed by atoms with Crippen molar-refractivity contribution in [3.63, 3.8) is 0 Å². The van der Waals surface area contributed by atoms with Crippen molar-refractivity contribution in [1.29, 1.82) is 0 Å². The molecule has 0 saturated carbocycles. The third-order valence-corrected chi connectivity index (χ3v) is 2.11. The van der Waals surface area contributed by atoms with Gasteiger partial charge in [0.05, 0.1) is 16.6 Å². The molecule has 1 unspecified atom stereocenters. The third-order valence-electron chi connectivity index (χ3n) is 1.55. The van der Waals surface area contributed by atoms with Crippen molar-refractivity contribution in [3.8, 4) is 0 Å². The molecule has 12 heavy (non-hydrogen) atoms. The first-order valence-corrected chi connectivity index (χ1v) is 5.65. The molecule has 0 aliphatic carbocycles. The van der Waals surface area contributed by atoms with Crippen molar-refractivity contribution in [3.05, 3.63) is 0 Å². The lowest BCUT2D eigenvalue weighted by Crippen LogP contribution is -2.20. The molecule has 1 atom stereocenters. The van der Waals surface area contributed by atoms with Crippen LogP contribution in [0.15, 0.2) is 0 Å². The Labute approximate surface area is 76.5 Å². The van der Waals surface area contributed by atoms with Crippen molar-refractivity contribution in [2.75, 3.05) is 0 Å². The minimum absolute atomic E-state index is 0.0240. The van der Waals surface area contributed by atoms with E-state index in [4.69, 9.17) is 10.7 Å². The molecule has 4 nitrogen and oxygen atoms in total. The highest BCUT2D eigenvalue weighted by molar-refractivity contribution is 8.10. The molecule has 0 spiro atoms. The molecule has 0 saturated heterocycles. The average molecular weight is 215 g/mol. The van der Waals surface area contributed by atoms with E-state index in [-0.39, 0.29) is 5.92 Å². The summed E-state index contributed by atoms with van der Waals surface area (Å²) in [5, 5.41) is 0. The maximum atomic E-state index is 10.9. The Bertz CT molecular complexity index is 257. The van der Waals surface area contributed by atoms with E-state index < -0.39 is 21.2 Å². The molecule has 0 aromatic heterocycles. The summed E-state index contributed by atoms with van der Waals surface area (Å²) in [6.07, 6.45) is 0. The van der Waals surface area contributed by atoms with Gasteiger partial charge < -0.3 is 4.18 Å². The molecule has 0 aliphatic rings. The van der Waals surface area contributed by atoms with Gasteiger partial charge in [0.2, 0.25) is 0 Å². The molecule has 0 N–H and O–H groups in total. The van der Waals surface area contributed by atoms with Crippen molar-refractivity contribution in [2.24, 2.45) is 11.8 Å². The Morgan fingerprint density at radius 3 is 2.00 bits per heavy atom. The van der Waals surface area contributed by atoms with Gasteiger partial charge in [0.1, 0.15) is 0 Å². The van der Waals surface area contributed by atoms with Crippen LogP contribution >= 0.6 is 10.7 Å². The van der Waals surface area contributed by atoms with Crippen LogP contribution in [0.25, 0.3) is 0 Å². The Morgan fingerprint density at radius 2 is 1.75 bits per heavy atom. The quantitative estimate of drug-likeness (QED) is 0.665. The molecule has 0 amide bonds. The van der Waals surface area contributed by atoms with Gasteiger partial charge in [-0.2, -0.15) is 8.42 Å². The summed E-state index contributed by atoms with van der Waals surface area (Å²) in [5.74, 6) is -1.27. The van der Waals surface area contributed by atoms with Crippen LogP contribution in [0.3, 0.4) is 0 Å². The fraction of sp³-hybridized carbons (Fsp3) is 0.833. The number of carbonyl (C=O) groups is 1. The van der Waals surface area contributed by atoms with Crippen LogP contribution in [0.4, 0.5) is 0 Å². The maximum absolute atomic E-state index is 10.9. The van der Waals surface area contributed by atoms with Gasteiger partial charge in [0, 0.05) is 0 Å². The molecule has 0 heterocycles. The van der Waals surface area contributed by atoms with Crippen molar-refractivity contribution >= 4 is 26.0 Å². The summed E-state index contributed by atoms with van der Waals surface area (Å²) in [6.45, 7) is 5.15. The smallest absolute Gasteiger partial charge is 0.334 e. The highest BCUT2D eigenvalue weighted by Gasteiger charge is 2.22. The van der Waals surface area contributed by atoms with Crippen LogP contribution in [0.5, 0.6) is 0 Å². The summed E-state index contributed by atoms with van der Waals surface area (Å²) in [5.41, 5.74) is 0. The zero-order valence-electron chi connectivity index (χ0n) is 7.07. The summed E-state index contributed by atoms with van der Waals surface area (Å²) < 4.78 is 24.5. The Balaban J connectivity index is 4.25.